The van der Waals surface area contributed by atoms with Crippen molar-refractivity contribution in [2.24, 2.45) is 0 Å². The molecule has 0 radical (unpaired) electrons. The van der Waals surface area contributed by atoms with Crippen LogP contribution in [0.5, 0.6) is 0 Å². The Kier molecular flexibility index (Phi) is 6.82. The van der Waals surface area contributed by atoms with Gasteiger partial charge in [-0.15, -0.1) is 0 Å². The Bertz CT molecular complexity index is 1440. The summed E-state index contributed by atoms with van der Waals surface area (Å²) in [5, 5.41) is 0. The second-order valence-corrected chi connectivity index (χ2v) is 10.6. The summed E-state index contributed by atoms with van der Waals surface area (Å²) >= 11 is 0. The van der Waals surface area contributed by atoms with E-state index in [-0.39, 0.29) is 30.4 Å². The van der Waals surface area contributed by atoms with E-state index in [2.05, 4.69) is 84.6 Å². The first kappa shape index (κ1) is 24.6. The average molecular weight is 505 g/mol. The molecular weight excluding hydrogens is 471 g/mol. The second-order valence-electron chi connectivity index (χ2n) is 10.6. The lowest BCUT2D eigenvalue weighted by atomic mass is 9.86. The largest absolute Gasteiger partial charge is 0.333 e. The predicted molar refractivity (Wildman–Crippen MR) is 149 cm³/mol. The summed E-state index contributed by atoms with van der Waals surface area (Å²) in [6.07, 6.45) is 2.52. The van der Waals surface area contributed by atoms with E-state index in [1.54, 1.807) is 12.1 Å². The molecule has 0 saturated carbocycles. The number of hydrogen-bond donors (Lipinski definition) is 0. The van der Waals surface area contributed by atoms with Gasteiger partial charge in [0, 0.05) is 24.7 Å². The van der Waals surface area contributed by atoms with Gasteiger partial charge in [0.2, 0.25) is 5.91 Å². The van der Waals surface area contributed by atoms with E-state index in [1.807, 2.05) is 11.0 Å². The summed E-state index contributed by atoms with van der Waals surface area (Å²) in [4.78, 5) is 18.5. The molecule has 0 fully saturated rings. The fraction of sp³-hybridized carbons (Fsp3) is 0.265. The molecule has 0 saturated heterocycles. The Hall–Kier alpha value is -3.76. The minimum Gasteiger partial charge on any atom is -0.333 e. The molecule has 0 N–H and O–H groups in total. The van der Waals surface area contributed by atoms with Gasteiger partial charge in [0.1, 0.15) is 5.82 Å². The summed E-state index contributed by atoms with van der Waals surface area (Å²) in [6.45, 7) is 3.53. The lowest BCUT2D eigenvalue weighted by molar-refractivity contribution is -0.136. The van der Waals surface area contributed by atoms with Crippen molar-refractivity contribution in [2.45, 2.75) is 44.8 Å². The van der Waals surface area contributed by atoms with Crippen molar-refractivity contribution >= 4 is 5.91 Å². The Morgan fingerprint density at radius 3 is 2.13 bits per heavy atom. The Morgan fingerprint density at radius 2 is 1.42 bits per heavy atom. The normalized spacial score (nSPS) is 17.2. The molecule has 1 heterocycles. The van der Waals surface area contributed by atoms with Gasteiger partial charge >= 0.3 is 0 Å². The van der Waals surface area contributed by atoms with Crippen LogP contribution < -0.4 is 0 Å². The molecule has 4 heteroatoms. The van der Waals surface area contributed by atoms with E-state index in [9.17, 15) is 9.18 Å². The highest BCUT2D eigenvalue weighted by molar-refractivity contribution is 5.79. The zero-order chi connectivity index (χ0) is 26.1. The van der Waals surface area contributed by atoms with Gasteiger partial charge in [-0.05, 0) is 65.6 Å². The zero-order valence-corrected chi connectivity index (χ0v) is 21.8. The number of aryl methyl sites for hydroxylation is 1. The van der Waals surface area contributed by atoms with Crippen molar-refractivity contribution < 1.29 is 9.18 Å². The van der Waals surface area contributed by atoms with Crippen LogP contribution in [0.3, 0.4) is 0 Å². The minimum absolute atomic E-state index is 0.0150. The molecule has 0 bridgehead atoms. The molecule has 6 rings (SSSR count). The smallest absolute Gasteiger partial charge is 0.237 e. The van der Waals surface area contributed by atoms with Crippen LogP contribution >= 0.6 is 0 Å². The number of carbonyl (C=O) groups is 1. The third-order valence-electron chi connectivity index (χ3n) is 8.29. The molecular formula is C34H33FN2O. The van der Waals surface area contributed by atoms with E-state index in [4.69, 9.17) is 0 Å². The van der Waals surface area contributed by atoms with Crippen molar-refractivity contribution in [3.8, 4) is 0 Å². The molecule has 192 valence electrons. The van der Waals surface area contributed by atoms with E-state index in [0.717, 1.165) is 25.8 Å². The molecule has 1 atom stereocenters. The van der Waals surface area contributed by atoms with Gasteiger partial charge in [-0.2, -0.15) is 0 Å². The van der Waals surface area contributed by atoms with Crippen molar-refractivity contribution in [2.75, 3.05) is 13.1 Å². The molecule has 2 aliphatic rings. The number of benzene rings is 4. The van der Waals surface area contributed by atoms with E-state index in [0.29, 0.717) is 12.1 Å². The molecule has 4 aromatic carbocycles. The lowest BCUT2D eigenvalue weighted by Crippen LogP contribution is -2.48. The molecule has 1 aliphatic heterocycles. The van der Waals surface area contributed by atoms with Crippen LogP contribution in [-0.4, -0.2) is 34.8 Å². The number of fused-ring (bicyclic) bond motifs is 2. The Labute approximate surface area is 224 Å². The topological polar surface area (TPSA) is 23.6 Å². The number of nitrogens with zero attached hydrogens (tertiary/aromatic N) is 2. The molecule has 1 amide bonds. The monoisotopic (exact) mass is 504 g/mol. The van der Waals surface area contributed by atoms with E-state index in [1.165, 1.54) is 39.4 Å². The SMILES string of the molecule is Cc1ccccc1[C@@H]1c2ccccc2CCN1CC(=O)N(Cc1ccccc1F)C1Cc2ccccc2C1. The lowest BCUT2D eigenvalue weighted by Gasteiger charge is -2.39. The third kappa shape index (κ3) is 4.77. The average Bonchev–Trinajstić information content (AvgIpc) is 3.37. The highest BCUT2D eigenvalue weighted by Gasteiger charge is 2.35. The van der Waals surface area contributed by atoms with Crippen molar-refractivity contribution in [3.05, 3.63) is 142 Å². The van der Waals surface area contributed by atoms with Crippen molar-refractivity contribution in [3.63, 3.8) is 0 Å². The van der Waals surface area contributed by atoms with Crippen LogP contribution in [0.1, 0.15) is 45.0 Å². The first-order chi connectivity index (χ1) is 18.6. The highest BCUT2D eigenvalue weighted by atomic mass is 19.1. The van der Waals surface area contributed by atoms with Gasteiger partial charge in [0.05, 0.1) is 12.6 Å². The fourth-order valence-electron chi connectivity index (χ4n) is 6.30. The van der Waals surface area contributed by atoms with Crippen LogP contribution in [0, 0.1) is 12.7 Å². The van der Waals surface area contributed by atoms with E-state index < -0.39 is 0 Å². The van der Waals surface area contributed by atoms with Crippen LogP contribution in [0.2, 0.25) is 0 Å². The van der Waals surface area contributed by atoms with E-state index >= 15 is 0 Å². The maximum absolute atomic E-state index is 14.8. The molecule has 3 nitrogen and oxygen atoms in total. The molecule has 0 spiro atoms. The first-order valence-corrected chi connectivity index (χ1v) is 13.6. The maximum Gasteiger partial charge on any atom is 0.237 e. The number of rotatable bonds is 6. The standard InChI is InChI=1S/C34H33FN2O/c1-24-10-2-7-15-30(24)34-31-16-8-5-11-25(31)18-19-36(34)23-33(38)37(22-28-14-6-9-17-32(28)35)29-20-26-12-3-4-13-27(26)21-29/h2-17,29,34H,18-23H2,1H3/t34-/m1/s1. The number of hydrogen-bond acceptors (Lipinski definition) is 2. The van der Waals surface area contributed by atoms with Gasteiger partial charge in [-0.3, -0.25) is 9.69 Å². The van der Waals surface area contributed by atoms with Gasteiger partial charge in [-0.1, -0.05) is 91.0 Å². The summed E-state index contributed by atoms with van der Waals surface area (Å²) in [5.74, 6) is -0.200. The molecule has 0 unspecified atom stereocenters. The summed E-state index contributed by atoms with van der Waals surface area (Å²) < 4.78 is 14.8. The van der Waals surface area contributed by atoms with Gasteiger partial charge in [0.25, 0.3) is 0 Å². The first-order valence-electron chi connectivity index (χ1n) is 13.6. The Balaban J connectivity index is 1.32. The summed E-state index contributed by atoms with van der Waals surface area (Å²) in [5.41, 5.74) is 8.22. The zero-order valence-electron chi connectivity index (χ0n) is 21.8. The number of halogens is 1. The van der Waals surface area contributed by atoms with Crippen LogP contribution in [0.4, 0.5) is 4.39 Å². The fourth-order valence-corrected chi connectivity index (χ4v) is 6.30. The highest BCUT2D eigenvalue weighted by Crippen LogP contribution is 2.37. The summed E-state index contributed by atoms with van der Waals surface area (Å²) in [6, 6.07) is 32.4. The van der Waals surface area contributed by atoms with Crippen molar-refractivity contribution in [1.29, 1.82) is 0 Å². The van der Waals surface area contributed by atoms with Gasteiger partial charge in [0.15, 0.2) is 0 Å². The third-order valence-corrected chi connectivity index (χ3v) is 8.29. The van der Waals surface area contributed by atoms with Gasteiger partial charge < -0.3 is 4.90 Å². The summed E-state index contributed by atoms with van der Waals surface area (Å²) in [7, 11) is 0. The molecule has 38 heavy (non-hydrogen) atoms. The molecule has 4 aromatic rings. The second kappa shape index (κ2) is 10.5. The molecule has 1 aliphatic carbocycles. The van der Waals surface area contributed by atoms with Gasteiger partial charge in [-0.25, -0.2) is 4.39 Å². The van der Waals surface area contributed by atoms with Crippen LogP contribution in [0.15, 0.2) is 97.1 Å². The number of amides is 1. The van der Waals surface area contributed by atoms with Crippen molar-refractivity contribution in [1.82, 2.24) is 9.80 Å². The molecule has 0 aromatic heterocycles. The van der Waals surface area contributed by atoms with Crippen LogP contribution in [0.25, 0.3) is 0 Å². The quantitative estimate of drug-likeness (QED) is 0.309. The Morgan fingerprint density at radius 1 is 0.816 bits per heavy atom. The minimum atomic E-state index is -0.259. The predicted octanol–water partition coefficient (Wildman–Crippen LogP) is 6.28. The maximum atomic E-state index is 14.8. The number of carbonyl (C=O) groups excluding carboxylic acids is 1. The van der Waals surface area contributed by atoms with Crippen LogP contribution in [-0.2, 0) is 30.6 Å².